The Morgan fingerprint density at radius 1 is 0.930 bits per heavy atom. The zero-order valence-corrected chi connectivity index (χ0v) is 23.3. The molecule has 2 aromatic carbocycles. The van der Waals surface area contributed by atoms with Crippen molar-refractivity contribution in [3.63, 3.8) is 0 Å². The molecule has 236 valence electrons. The summed E-state index contributed by atoms with van der Waals surface area (Å²) < 4.78 is 134. The summed E-state index contributed by atoms with van der Waals surface area (Å²) in [5.41, 5.74) is -7.64. The van der Waals surface area contributed by atoms with Crippen LogP contribution < -0.4 is 0 Å². The molecule has 1 saturated heterocycles. The number of benzene rings is 2. The van der Waals surface area contributed by atoms with E-state index in [-0.39, 0.29) is 53.9 Å². The first kappa shape index (κ1) is 32.7. The Balaban J connectivity index is 0.00000135. The number of hydrogen-bond donors (Lipinski definition) is 1. The fraction of sp³-hybridized carbons (Fsp3) is 0.500. The first-order valence-electron chi connectivity index (χ1n) is 13.2. The third-order valence-corrected chi connectivity index (χ3v) is 11.5. The van der Waals surface area contributed by atoms with E-state index >= 15 is 0 Å². The highest BCUT2D eigenvalue weighted by Crippen LogP contribution is 2.60. The van der Waals surface area contributed by atoms with Gasteiger partial charge in [-0.3, -0.25) is 9.59 Å². The number of amides is 1. The van der Waals surface area contributed by atoms with Crippen LogP contribution in [0.1, 0.15) is 37.3 Å². The molecule has 3 aliphatic rings. The standard InChI is InChI=1S/C27H25F8NO3S.CH2O2/c1-15-21-12-16(13-22(15)21)23(37)36-11-10-24(14-36,40(38,39)20-8-6-19(28)7-9-20)17-2-4-18(5-3-17)25(29,26(30,31)32)27(33,34)35;2-1-3/h2-9,15-16,21-22H,10-14H2,1H3;1H,(H,2,3)/t15?,16?,21?,22?,24-;/m0./s1. The molecule has 1 heterocycles. The van der Waals surface area contributed by atoms with Crippen molar-refractivity contribution in [3.8, 4) is 0 Å². The van der Waals surface area contributed by atoms with E-state index in [0.717, 1.165) is 36.4 Å². The van der Waals surface area contributed by atoms with E-state index in [1.54, 1.807) is 0 Å². The number of fused-ring (bicyclic) bond motifs is 1. The predicted octanol–water partition coefficient (Wildman–Crippen LogP) is 6.01. The molecular formula is C28H27F8NO5S. The first-order valence-corrected chi connectivity index (χ1v) is 14.6. The smallest absolute Gasteiger partial charge is 0.435 e. The van der Waals surface area contributed by atoms with E-state index in [2.05, 4.69) is 6.92 Å². The van der Waals surface area contributed by atoms with Gasteiger partial charge in [-0.05, 0) is 66.8 Å². The SMILES string of the molecule is CC1C2CC(C(=O)N3CC[C@](c4ccc(C(F)(C(F)(F)F)C(F)(F)F)cc4)(S(=O)(=O)c4ccc(F)cc4)C3)CC12.O=CO. The Morgan fingerprint density at radius 2 is 1.42 bits per heavy atom. The van der Waals surface area contributed by atoms with Crippen molar-refractivity contribution in [3.05, 3.63) is 65.5 Å². The number of hydrogen-bond acceptors (Lipinski definition) is 4. The van der Waals surface area contributed by atoms with E-state index in [0.29, 0.717) is 30.6 Å². The van der Waals surface area contributed by atoms with Crippen molar-refractivity contribution in [1.29, 1.82) is 0 Å². The van der Waals surface area contributed by atoms with Gasteiger partial charge in [0.1, 0.15) is 10.6 Å². The van der Waals surface area contributed by atoms with Gasteiger partial charge in [0.15, 0.2) is 9.84 Å². The number of likely N-dealkylation sites (tertiary alicyclic amines) is 1. The summed E-state index contributed by atoms with van der Waals surface area (Å²) in [7, 11) is -4.47. The molecule has 1 aliphatic heterocycles. The lowest BCUT2D eigenvalue weighted by Crippen LogP contribution is -2.50. The quantitative estimate of drug-likeness (QED) is 0.246. The Bertz CT molecular complexity index is 1430. The van der Waals surface area contributed by atoms with Crippen molar-refractivity contribution >= 4 is 22.2 Å². The second kappa shape index (κ2) is 11.0. The van der Waals surface area contributed by atoms with Crippen molar-refractivity contribution in [2.75, 3.05) is 13.1 Å². The maximum atomic E-state index is 14.6. The molecule has 1 N–H and O–H groups in total. The lowest BCUT2D eigenvalue weighted by molar-refractivity contribution is -0.348. The topological polar surface area (TPSA) is 91.8 Å². The Labute approximate surface area is 241 Å². The molecule has 0 radical (unpaired) electrons. The van der Waals surface area contributed by atoms with Crippen LogP contribution in [0.4, 0.5) is 35.1 Å². The summed E-state index contributed by atoms with van der Waals surface area (Å²) >= 11 is 0. The lowest BCUT2D eigenvalue weighted by atomic mass is 9.90. The van der Waals surface area contributed by atoms with Gasteiger partial charge >= 0.3 is 18.0 Å². The van der Waals surface area contributed by atoms with Gasteiger partial charge in [0.2, 0.25) is 5.91 Å². The van der Waals surface area contributed by atoms with Crippen molar-refractivity contribution in [1.82, 2.24) is 4.90 Å². The number of carbonyl (C=O) groups is 2. The van der Waals surface area contributed by atoms with Crippen LogP contribution in [0, 0.1) is 29.5 Å². The van der Waals surface area contributed by atoms with Crippen LogP contribution in [0.15, 0.2) is 53.4 Å². The number of carbonyl (C=O) groups excluding carboxylic acids is 1. The highest BCUT2D eigenvalue weighted by Gasteiger charge is 2.73. The van der Waals surface area contributed by atoms with Gasteiger partial charge in [0, 0.05) is 24.6 Å². The van der Waals surface area contributed by atoms with Crippen LogP contribution in [0.2, 0.25) is 0 Å². The molecule has 0 spiro atoms. The van der Waals surface area contributed by atoms with Crippen molar-refractivity contribution in [2.45, 2.75) is 53.9 Å². The molecule has 43 heavy (non-hydrogen) atoms. The monoisotopic (exact) mass is 641 g/mol. The van der Waals surface area contributed by atoms with E-state index in [1.165, 1.54) is 4.90 Å². The van der Waals surface area contributed by atoms with E-state index in [9.17, 15) is 48.3 Å². The van der Waals surface area contributed by atoms with E-state index in [4.69, 9.17) is 9.90 Å². The molecule has 3 atom stereocenters. The number of sulfone groups is 1. The van der Waals surface area contributed by atoms with E-state index < -0.39 is 50.5 Å². The summed E-state index contributed by atoms with van der Waals surface area (Å²) in [6.07, 6.45) is -11.5. The summed E-state index contributed by atoms with van der Waals surface area (Å²) in [6, 6.07) is 5.79. The fourth-order valence-electron chi connectivity index (χ4n) is 6.54. The van der Waals surface area contributed by atoms with Crippen LogP contribution in [0.25, 0.3) is 0 Å². The fourth-order valence-corrected chi connectivity index (χ4v) is 8.62. The molecule has 15 heteroatoms. The van der Waals surface area contributed by atoms with Crippen LogP contribution >= 0.6 is 0 Å². The molecule has 3 fully saturated rings. The van der Waals surface area contributed by atoms with Crippen molar-refractivity contribution in [2.24, 2.45) is 23.7 Å². The van der Waals surface area contributed by atoms with Crippen LogP contribution in [-0.4, -0.2) is 56.2 Å². The molecule has 0 aromatic heterocycles. The highest BCUT2D eigenvalue weighted by atomic mass is 32.2. The zero-order chi connectivity index (χ0) is 32.2. The summed E-state index contributed by atoms with van der Waals surface area (Å²) in [6.45, 7) is 1.41. The molecule has 2 unspecified atom stereocenters. The van der Waals surface area contributed by atoms with Gasteiger partial charge < -0.3 is 10.0 Å². The minimum atomic E-state index is -6.33. The second-order valence-electron chi connectivity index (χ2n) is 11.2. The maximum absolute atomic E-state index is 14.6. The van der Waals surface area contributed by atoms with Gasteiger partial charge in [0.05, 0.1) is 4.90 Å². The molecule has 1 amide bonds. The number of carboxylic acid groups (broad SMARTS) is 1. The number of alkyl halides is 7. The molecule has 6 nitrogen and oxygen atoms in total. The highest BCUT2D eigenvalue weighted by molar-refractivity contribution is 7.92. The number of halogens is 8. The zero-order valence-electron chi connectivity index (χ0n) is 22.5. The Kier molecular flexibility index (Phi) is 8.39. The lowest BCUT2D eigenvalue weighted by Gasteiger charge is -2.33. The van der Waals surface area contributed by atoms with Gasteiger partial charge in [-0.25, -0.2) is 17.2 Å². The summed E-state index contributed by atoms with van der Waals surface area (Å²) in [5, 5.41) is 6.89. The largest absolute Gasteiger partial charge is 0.483 e. The molecule has 2 aliphatic carbocycles. The van der Waals surface area contributed by atoms with Gasteiger partial charge in [0.25, 0.3) is 6.47 Å². The van der Waals surface area contributed by atoms with Gasteiger partial charge in [-0.1, -0.05) is 31.2 Å². The molecular weight excluding hydrogens is 614 g/mol. The van der Waals surface area contributed by atoms with Crippen LogP contribution in [-0.2, 0) is 29.8 Å². The average Bonchev–Trinajstić information content (AvgIpc) is 3.31. The summed E-state index contributed by atoms with van der Waals surface area (Å²) in [4.78, 5) is 22.7. The Morgan fingerprint density at radius 3 is 1.88 bits per heavy atom. The normalized spacial score (nSPS) is 27.2. The van der Waals surface area contributed by atoms with Gasteiger partial charge in [-0.15, -0.1) is 0 Å². The number of nitrogens with zero attached hydrogens (tertiary/aromatic N) is 1. The van der Waals surface area contributed by atoms with Crippen LogP contribution in [0.3, 0.4) is 0 Å². The molecule has 2 aromatic rings. The molecule has 5 rings (SSSR count). The minimum Gasteiger partial charge on any atom is -0.483 e. The minimum absolute atomic E-state index is 0.0272. The number of rotatable bonds is 5. The first-order chi connectivity index (χ1) is 19.9. The van der Waals surface area contributed by atoms with E-state index in [1.807, 2.05) is 0 Å². The third kappa shape index (κ3) is 5.37. The maximum Gasteiger partial charge on any atom is 0.435 e. The Hall–Kier alpha value is -3.23. The average molecular weight is 642 g/mol. The second-order valence-corrected chi connectivity index (χ2v) is 13.4. The van der Waals surface area contributed by atoms with Crippen molar-refractivity contribution < 1.29 is 58.2 Å². The van der Waals surface area contributed by atoms with Crippen LogP contribution in [0.5, 0.6) is 0 Å². The molecule has 2 saturated carbocycles. The third-order valence-electron chi connectivity index (χ3n) is 8.99. The summed E-state index contributed by atoms with van der Waals surface area (Å²) in [5.74, 6) is 0.0936. The predicted molar refractivity (Wildman–Crippen MR) is 135 cm³/mol. The van der Waals surface area contributed by atoms with Gasteiger partial charge in [-0.2, -0.15) is 26.3 Å². The molecule has 0 bridgehead atoms.